The molecule has 134 valence electrons. The molecule has 0 bridgehead atoms. The molecule has 0 aliphatic heterocycles. The smallest absolute Gasteiger partial charge is 0.301 e. The highest BCUT2D eigenvalue weighted by molar-refractivity contribution is 9.10. The number of nitrogens with one attached hydrogen (secondary N) is 1. The van der Waals surface area contributed by atoms with Crippen LogP contribution < -0.4 is 10.3 Å². The topological polar surface area (TPSA) is 97.5 Å². The summed E-state index contributed by atoms with van der Waals surface area (Å²) in [5.41, 5.74) is 1.73. The zero-order chi connectivity index (χ0) is 18.7. The Morgan fingerprint density at radius 3 is 2.62 bits per heavy atom. The van der Waals surface area contributed by atoms with Crippen LogP contribution in [0.5, 0.6) is 5.88 Å². The highest BCUT2D eigenvalue weighted by Gasteiger charge is 2.15. The van der Waals surface area contributed by atoms with Crippen molar-refractivity contribution in [2.75, 3.05) is 6.61 Å². The maximum atomic E-state index is 12.7. The second kappa shape index (κ2) is 7.61. The highest BCUT2D eigenvalue weighted by Crippen LogP contribution is 2.21. The lowest BCUT2D eigenvalue weighted by Crippen LogP contribution is -2.18. The van der Waals surface area contributed by atoms with Crippen LogP contribution in [0.15, 0.2) is 49.8 Å². The van der Waals surface area contributed by atoms with E-state index in [1.54, 1.807) is 25.1 Å². The van der Waals surface area contributed by atoms with Gasteiger partial charge in [0.15, 0.2) is 5.69 Å². The number of nitrogens with zero attached hydrogens (tertiary/aromatic N) is 5. The number of aromatic nitrogens is 4. The third-order valence-electron chi connectivity index (χ3n) is 3.44. The minimum absolute atomic E-state index is 0.201. The first-order valence-corrected chi connectivity index (χ1v) is 8.75. The van der Waals surface area contributed by atoms with Crippen molar-refractivity contribution in [2.24, 2.45) is 10.2 Å². The molecule has 0 amide bonds. The highest BCUT2D eigenvalue weighted by atomic mass is 79.9. The molecule has 0 aliphatic rings. The second-order valence-electron chi connectivity index (χ2n) is 5.48. The summed E-state index contributed by atoms with van der Waals surface area (Å²) >= 11 is 3.36. The molecule has 3 aromatic rings. The van der Waals surface area contributed by atoms with Gasteiger partial charge in [-0.3, -0.25) is 9.89 Å². The van der Waals surface area contributed by atoms with Gasteiger partial charge in [-0.15, -0.1) is 5.11 Å². The summed E-state index contributed by atoms with van der Waals surface area (Å²) < 4.78 is 7.59. The monoisotopic (exact) mass is 416 g/mol. The van der Waals surface area contributed by atoms with E-state index < -0.39 is 0 Å². The molecule has 0 unspecified atom stereocenters. The Kier molecular flexibility index (Phi) is 5.27. The fourth-order valence-corrected chi connectivity index (χ4v) is 2.52. The van der Waals surface area contributed by atoms with Gasteiger partial charge >= 0.3 is 5.56 Å². The molecule has 3 rings (SSSR count). The Hall–Kier alpha value is -2.81. The van der Waals surface area contributed by atoms with Crippen molar-refractivity contribution >= 4 is 27.3 Å². The Morgan fingerprint density at radius 2 is 1.92 bits per heavy atom. The van der Waals surface area contributed by atoms with Crippen molar-refractivity contribution in [3.63, 3.8) is 0 Å². The Labute approximate surface area is 158 Å². The zero-order valence-corrected chi connectivity index (χ0v) is 16.1. The van der Waals surface area contributed by atoms with Crippen LogP contribution in [-0.2, 0) is 0 Å². The van der Waals surface area contributed by atoms with Gasteiger partial charge in [-0.25, -0.2) is 4.98 Å². The maximum absolute atomic E-state index is 12.7. The number of hydrogen-bond acceptors (Lipinski definition) is 6. The van der Waals surface area contributed by atoms with Crippen molar-refractivity contribution in [3.8, 4) is 11.8 Å². The van der Waals surface area contributed by atoms with Gasteiger partial charge in [0.25, 0.3) is 5.95 Å². The number of azo groups is 1. The summed E-state index contributed by atoms with van der Waals surface area (Å²) in [5, 5.41) is 11.1. The number of aryl methyl sites for hydroxylation is 2. The third-order valence-corrected chi connectivity index (χ3v) is 3.97. The quantitative estimate of drug-likeness (QED) is 0.631. The summed E-state index contributed by atoms with van der Waals surface area (Å²) in [7, 11) is 0. The standard InChI is InChI=1S/C17H17BrN6O2/c1-4-26-14-9-10(2)19-17(20-14)24-16(25)15(11(3)23-24)22-21-13-7-5-12(18)6-8-13/h5-9,23H,4H2,1-3H3. The lowest BCUT2D eigenvalue weighted by atomic mass is 10.3. The van der Waals surface area contributed by atoms with Crippen LogP contribution in [0.2, 0.25) is 0 Å². The second-order valence-corrected chi connectivity index (χ2v) is 6.40. The van der Waals surface area contributed by atoms with E-state index in [4.69, 9.17) is 4.74 Å². The van der Waals surface area contributed by atoms with Crippen molar-refractivity contribution in [2.45, 2.75) is 20.8 Å². The van der Waals surface area contributed by atoms with E-state index in [9.17, 15) is 4.79 Å². The van der Waals surface area contributed by atoms with Gasteiger partial charge in [0, 0.05) is 16.2 Å². The average Bonchev–Trinajstić information content (AvgIpc) is 2.89. The fourth-order valence-electron chi connectivity index (χ4n) is 2.26. The van der Waals surface area contributed by atoms with Crippen molar-refractivity contribution in [1.29, 1.82) is 0 Å². The summed E-state index contributed by atoms with van der Waals surface area (Å²) in [6.07, 6.45) is 0. The molecule has 1 N–H and O–H groups in total. The predicted octanol–water partition coefficient (Wildman–Crippen LogP) is 4.15. The number of hydrogen-bond donors (Lipinski definition) is 1. The summed E-state index contributed by atoms with van der Waals surface area (Å²) in [5.74, 6) is 0.610. The van der Waals surface area contributed by atoms with Crippen molar-refractivity contribution < 1.29 is 4.74 Å². The van der Waals surface area contributed by atoms with Crippen LogP contribution in [0.25, 0.3) is 5.95 Å². The lowest BCUT2D eigenvalue weighted by Gasteiger charge is -2.05. The van der Waals surface area contributed by atoms with Gasteiger partial charge in [-0.2, -0.15) is 14.8 Å². The summed E-state index contributed by atoms with van der Waals surface area (Å²) in [6, 6.07) is 9.01. The normalized spacial score (nSPS) is 11.2. The van der Waals surface area contributed by atoms with E-state index in [0.29, 0.717) is 29.6 Å². The predicted molar refractivity (Wildman–Crippen MR) is 101 cm³/mol. The number of rotatable bonds is 5. The van der Waals surface area contributed by atoms with Gasteiger partial charge in [-0.05, 0) is 45.0 Å². The molecule has 8 nitrogen and oxygen atoms in total. The van der Waals surface area contributed by atoms with E-state index >= 15 is 0 Å². The Morgan fingerprint density at radius 1 is 1.19 bits per heavy atom. The van der Waals surface area contributed by atoms with Crippen LogP contribution in [0.4, 0.5) is 11.4 Å². The van der Waals surface area contributed by atoms with E-state index in [1.807, 2.05) is 26.0 Å². The van der Waals surface area contributed by atoms with Gasteiger partial charge in [0.2, 0.25) is 5.88 Å². The van der Waals surface area contributed by atoms with Crippen LogP contribution in [0.3, 0.4) is 0 Å². The molecule has 2 aromatic heterocycles. The summed E-state index contributed by atoms with van der Waals surface area (Å²) in [6.45, 7) is 5.89. The third kappa shape index (κ3) is 3.88. The molecule has 0 radical (unpaired) electrons. The van der Waals surface area contributed by atoms with Gasteiger partial charge in [0.05, 0.1) is 18.0 Å². The van der Waals surface area contributed by atoms with Crippen LogP contribution in [-0.4, -0.2) is 26.4 Å². The minimum Gasteiger partial charge on any atom is -0.478 e. The number of benzene rings is 1. The van der Waals surface area contributed by atoms with Gasteiger partial charge < -0.3 is 4.74 Å². The fraction of sp³-hybridized carbons (Fsp3) is 0.235. The Bertz CT molecular complexity index is 1010. The molecule has 0 aliphatic carbocycles. The molecular formula is C17H17BrN6O2. The first-order valence-electron chi connectivity index (χ1n) is 7.95. The van der Waals surface area contributed by atoms with E-state index in [0.717, 1.165) is 4.47 Å². The molecular weight excluding hydrogens is 400 g/mol. The molecule has 0 fully saturated rings. The SMILES string of the molecule is CCOc1cc(C)nc(-n2[nH]c(C)c(N=Nc3ccc(Br)cc3)c2=O)n1. The summed E-state index contributed by atoms with van der Waals surface area (Å²) in [4.78, 5) is 21.2. The van der Waals surface area contributed by atoms with E-state index in [1.165, 1.54) is 4.68 Å². The van der Waals surface area contributed by atoms with Crippen LogP contribution >= 0.6 is 15.9 Å². The van der Waals surface area contributed by atoms with E-state index in [2.05, 4.69) is 41.2 Å². The van der Waals surface area contributed by atoms with Gasteiger partial charge in [0.1, 0.15) is 0 Å². The molecule has 0 saturated carbocycles. The largest absolute Gasteiger partial charge is 0.478 e. The molecule has 2 heterocycles. The maximum Gasteiger partial charge on any atom is 0.301 e. The minimum atomic E-state index is -0.378. The first kappa shape index (κ1) is 18.0. The zero-order valence-electron chi connectivity index (χ0n) is 14.5. The van der Waals surface area contributed by atoms with Gasteiger partial charge in [-0.1, -0.05) is 15.9 Å². The number of halogens is 1. The number of aromatic amines is 1. The number of H-pyrrole nitrogens is 1. The average molecular weight is 417 g/mol. The molecule has 26 heavy (non-hydrogen) atoms. The van der Waals surface area contributed by atoms with Crippen molar-refractivity contribution in [3.05, 3.63) is 56.5 Å². The van der Waals surface area contributed by atoms with Crippen molar-refractivity contribution in [1.82, 2.24) is 19.7 Å². The van der Waals surface area contributed by atoms with Crippen LogP contribution in [0.1, 0.15) is 18.3 Å². The first-order chi connectivity index (χ1) is 12.5. The molecule has 0 atom stereocenters. The molecule has 0 spiro atoms. The Balaban J connectivity index is 1.98. The van der Waals surface area contributed by atoms with E-state index in [-0.39, 0.29) is 17.2 Å². The molecule has 9 heteroatoms. The number of ether oxygens (including phenoxy) is 1. The lowest BCUT2D eigenvalue weighted by molar-refractivity contribution is 0.325. The molecule has 1 aromatic carbocycles. The molecule has 0 saturated heterocycles. The van der Waals surface area contributed by atoms with Crippen LogP contribution in [0, 0.1) is 13.8 Å².